The molecule has 1 aliphatic rings. The van der Waals surface area contributed by atoms with Gasteiger partial charge >= 0.3 is 12.1 Å². The van der Waals surface area contributed by atoms with Gasteiger partial charge in [-0.1, -0.05) is 18.2 Å². The number of carbonyl (C=O) groups excluding carboxylic acids is 2. The van der Waals surface area contributed by atoms with Crippen LogP contribution < -0.4 is 5.32 Å². The molecular weight excluding hydrogens is 460 g/mol. The molecule has 0 saturated carbocycles. The van der Waals surface area contributed by atoms with Crippen molar-refractivity contribution in [3.63, 3.8) is 0 Å². The number of aryl methyl sites for hydroxylation is 1. The van der Waals surface area contributed by atoms with E-state index in [9.17, 15) is 18.0 Å². The third-order valence-electron chi connectivity index (χ3n) is 5.54. The Morgan fingerprint density at radius 1 is 1.21 bits per heavy atom. The van der Waals surface area contributed by atoms with E-state index in [2.05, 4.69) is 10.3 Å². The van der Waals surface area contributed by atoms with E-state index in [0.717, 1.165) is 22.0 Å². The molecule has 34 heavy (non-hydrogen) atoms. The minimum Gasteiger partial charge on any atom is -0.461 e. The SMILES string of the molecule is CCOC(=O)c1[nH]c2ccc(C[C@H]3COC(=O)N3)cc2c1CCOS(=O)(=O)c1cccc(C)c1. The maximum atomic E-state index is 12.6. The van der Waals surface area contributed by atoms with Gasteiger partial charge in [-0.15, -0.1) is 0 Å². The van der Waals surface area contributed by atoms with Crippen LogP contribution in [0.3, 0.4) is 0 Å². The van der Waals surface area contributed by atoms with Gasteiger partial charge in [-0.2, -0.15) is 8.42 Å². The van der Waals surface area contributed by atoms with E-state index in [1.165, 1.54) is 6.07 Å². The number of amides is 1. The van der Waals surface area contributed by atoms with Crippen molar-refractivity contribution in [3.05, 3.63) is 64.8 Å². The van der Waals surface area contributed by atoms with Crippen LogP contribution in [0.5, 0.6) is 0 Å². The van der Waals surface area contributed by atoms with Gasteiger partial charge in [0.2, 0.25) is 0 Å². The fraction of sp³-hybridized carbons (Fsp3) is 0.333. The normalized spacial score (nSPS) is 15.8. The van der Waals surface area contributed by atoms with Crippen molar-refractivity contribution in [3.8, 4) is 0 Å². The van der Waals surface area contributed by atoms with Gasteiger partial charge in [-0.3, -0.25) is 4.18 Å². The molecule has 3 aromatic rings. The van der Waals surface area contributed by atoms with Crippen LogP contribution in [0.4, 0.5) is 4.79 Å². The fourth-order valence-electron chi connectivity index (χ4n) is 3.97. The molecule has 1 atom stereocenters. The number of fused-ring (bicyclic) bond motifs is 1. The van der Waals surface area contributed by atoms with Crippen molar-refractivity contribution in [1.82, 2.24) is 10.3 Å². The molecule has 1 fully saturated rings. The van der Waals surface area contributed by atoms with Crippen molar-refractivity contribution in [2.75, 3.05) is 19.8 Å². The summed E-state index contributed by atoms with van der Waals surface area (Å²) in [5.41, 5.74) is 3.34. The molecule has 1 saturated heterocycles. The summed E-state index contributed by atoms with van der Waals surface area (Å²) < 4.78 is 40.6. The zero-order valence-corrected chi connectivity index (χ0v) is 19.7. The minimum absolute atomic E-state index is 0.0835. The Morgan fingerprint density at radius 2 is 2.03 bits per heavy atom. The van der Waals surface area contributed by atoms with Crippen LogP contribution >= 0.6 is 0 Å². The molecule has 2 heterocycles. The third kappa shape index (κ3) is 5.23. The van der Waals surface area contributed by atoms with Gasteiger partial charge in [0.15, 0.2) is 0 Å². The molecular formula is C24H26N2O7S. The van der Waals surface area contributed by atoms with Gasteiger partial charge in [0.1, 0.15) is 12.3 Å². The highest BCUT2D eigenvalue weighted by Gasteiger charge is 2.24. The summed E-state index contributed by atoms with van der Waals surface area (Å²) in [5.74, 6) is -0.520. The second-order valence-corrected chi connectivity index (χ2v) is 9.68. The molecule has 0 unspecified atom stereocenters. The van der Waals surface area contributed by atoms with E-state index in [1.807, 2.05) is 18.2 Å². The predicted octanol–water partition coefficient (Wildman–Crippen LogP) is 3.25. The number of alkyl carbamates (subject to hydrolysis) is 1. The van der Waals surface area contributed by atoms with Gasteiger partial charge in [-0.05, 0) is 61.2 Å². The molecule has 4 rings (SSSR count). The lowest BCUT2D eigenvalue weighted by Gasteiger charge is -2.09. The molecule has 10 heteroatoms. The number of H-pyrrole nitrogens is 1. The third-order valence-corrected chi connectivity index (χ3v) is 6.85. The number of cyclic esters (lactones) is 1. The van der Waals surface area contributed by atoms with Gasteiger partial charge < -0.3 is 19.8 Å². The number of aromatic amines is 1. The lowest BCUT2D eigenvalue weighted by atomic mass is 10.0. The average molecular weight is 487 g/mol. The molecule has 0 spiro atoms. The maximum absolute atomic E-state index is 12.6. The molecule has 0 bridgehead atoms. The number of aromatic nitrogens is 1. The van der Waals surface area contributed by atoms with Crippen LogP contribution in [0.1, 0.15) is 34.1 Å². The van der Waals surface area contributed by atoms with Gasteiger partial charge in [-0.25, -0.2) is 9.59 Å². The van der Waals surface area contributed by atoms with Crippen molar-refractivity contribution >= 4 is 33.1 Å². The first kappa shape index (κ1) is 23.8. The van der Waals surface area contributed by atoms with Crippen molar-refractivity contribution in [1.29, 1.82) is 0 Å². The number of rotatable bonds is 9. The van der Waals surface area contributed by atoms with Crippen molar-refractivity contribution < 1.29 is 31.7 Å². The quantitative estimate of drug-likeness (QED) is 0.351. The average Bonchev–Trinajstić information content (AvgIpc) is 3.37. The highest BCUT2D eigenvalue weighted by Crippen LogP contribution is 2.27. The number of nitrogens with one attached hydrogen (secondary N) is 2. The highest BCUT2D eigenvalue weighted by molar-refractivity contribution is 7.86. The summed E-state index contributed by atoms with van der Waals surface area (Å²) in [7, 11) is -3.94. The topological polar surface area (TPSA) is 124 Å². The van der Waals surface area contributed by atoms with Crippen LogP contribution in [-0.4, -0.2) is 51.3 Å². The maximum Gasteiger partial charge on any atom is 0.407 e. The van der Waals surface area contributed by atoms with Crippen LogP contribution in [0.25, 0.3) is 10.9 Å². The fourth-order valence-corrected chi connectivity index (χ4v) is 4.99. The first-order valence-corrected chi connectivity index (χ1v) is 12.4. The Balaban J connectivity index is 1.59. The number of benzene rings is 2. The Morgan fingerprint density at radius 3 is 2.74 bits per heavy atom. The Labute approximate surface area is 197 Å². The van der Waals surface area contributed by atoms with E-state index in [0.29, 0.717) is 12.0 Å². The first-order chi connectivity index (χ1) is 16.3. The summed E-state index contributed by atoms with van der Waals surface area (Å²) in [4.78, 5) is 27.1. The van der Waals surface area contributed by atoms with E-state index < -0.39 is 22.2 Å². The number of hydrogen-bond acceptors (Lipinski definition) is 7. The molecule has 180 valence electrons. The highest BCUT2D eigenvalue weighted by atomic mass is 32.2. The smallest absolute Gasteiger partial charge is 0.407 e. The van der Waals surface area contributed by atoms with E-state index in [1.54, 1.807) is 32.0 Å². The Bertz CT molecular complexity index is 1330. The summed E-state index contributed by atoms with van der Waals surface area (Å²) in [5, 5.41) is 3.51. The standard InChI is InChI=1S/C24H26N2O7S/c1-3-31-23(27)22-19(9-10-33-34(29,30)18-6-4-5-15(2)11-18)20-13-16(7-8-21(20)26-22)12-17-14-32-24(28)25-17/h4-8,11,13,17,26H,3,9-10,12,14H2,1-2H3,(H,25,28)/t17-/m0/s1. The molecule has 1 aromatic heterocycles. The number of carbonyl (C=O) groups is 2. The van der Waals surface area contributed by atoms with Crippen LogP contribution in [-0.2, 0) is 36.6 Å². The summed E-state index contributed by atoms with van der Waals surface area (Å²) in [6.45, 7) is 3.87. The molecule has 0 aliphatic carbocycles. The largest absolute Gasteiger partial charge is 0.461 e. The zero-order valence-electron chi connectivity index (χ0n) is 18.9. The summed E-state index contributed by atoms with van der Waals surface area (Å²) in [6.07, 6.45) is 0.288. The van der Waals surface area contributed by atoms with Crippen LogP contribution in [0, 0.1) is 6.92 Å². The Kier molecular flexibility index (Phi) is 6.90. The second kappa shape index (κ2) is 9.86. The zero-order chi connectivity index (χ0) is 24.3. The second-order valence-electron chi connectivity index (χ2n) is 8.07. The number of ether oxygens (including phenoxy) is 2. The molecule has 0 radical (unpaired) electrons. The summed E-state index contributed by atoms with van der Waals surface area (Å²) >= 11 is 0. The summed E-state index contributed by atoms with van der Waals surface area (Å²) in [6, 6.07) is 12.0. The van der Waals surface area contributed by atoms with Crippen LogP contribution in [0.15, 0.2) is 47.4 Å². The van der Waals surface area contributed by atoms with E-state index >= 15 is 0 Å². The molecule has 1 aliphatic heterocycles. The van der Waals surface area contributed by atoms with Gasteiger partial charge in [0, 0.05) is 17.3 Å². The van der Waals surface area contributed by atoms with Crippen LogP contribution in [0.2, 0.25) is 0 Å². The number of esters is 1. The van der Waals surface area contributed by atoms with Gasteiger partial charge in [0.05, 0.1) is 24.2 Å². The van der Waals surface area contributed by atoms with Crippen molar-refractivity contribution in [2.45, 2.75) is 37.6 Å². The molecule has 2 N–H and O–H groups in total. The monoisotopic (exact) mass is 486 g/mol. The lowest BCUT2D eigenvalue weighted by Crippen LogP contribution is -2.28. The van der Waals surface area contributed by atoms with Gasteiger partial charge in [0.25, 0.3) is 10.1 Å². The molecule has 9 nitrogen and oxygen atoms in total. The van der Waals surface area contributed by atoms with Crippen molar-refractivity contribution in [2.24, 2.45) is 0 Å². The molecule has 1 amide bonds. The van der Waals surface area contributed by atoms with E-state index in [4.69, 9.17) is 13.7 Å². The number of hydrogen-bond donors (Lipinski definition) is 2. The lowest BCUT2D eigenvalue weighted by molar-refractivity contribution is 0.0519. The first-order valence-electron chi connectivity index (χ1n) is 11.0. The predicted molar refractivity (Wildman–Crippen MR) is 124 cm³/mol. The molecule has 2 aromatic carbocycles. The Hall–Kier alpha value is -3.37. The van der Waals surface area contributed by atoms with E-state index in [-0.39, 0.29) is 42.9 Å². The minimum atomic E-state index is -3.94.